The summed E-state index contributed by atoms with van der Waals surface area (Å²) >= 11 is 1.33. The highest BCUT2D eigenvalue weighted by molar-refractivity contribution is 7.99. The van der Waals surface area contributed by atoms with E-state index in [9.17, 15) is 14.9 Å². The third kappa shape index (κ3) is 4.84. The van der Waals surface area contributed by atoms with Gasteiger partial charge in [0.15, 0.2) is 6.04 Å². The predicted molar refractivity (Wildman–Crippen MR) is 110 cm³/mol. The molecule has 3 aromatic rings. The molecule has 0 radical (unpaired) electrons. The molecule has 0 fully saturated rings. The lowest BCUT2D eigenvalue weighted by atomic mass is 10.1. The van der Waals surface area contributed by atoms with Crippen molar-refractivity contribution >= 4 is 23.6 Å². The summed E-state index contributed by atoms with van der Waals surface area (Å²) in [4.78, 5) is 26.7. The van der Waals surface area contributed by atoms with Crippen LogP contribution in [0.25, 0.3) is 0 Å². The molecule has 5 nitrogen and oxygen atoms in total. The lowest BCUT2D eigenvalue weighted by molar-refractivity contribution is -0.143. The van der Waals surface area contributed by atoms with Crippen LogP contribution in [0.15, 0.2) is 88.7 Å². The quantitative estimate of drug-likeness (QED) is 0.620. The van der Waals surface area contributed by atoms with Crippen LogP contribution in [0.3, 0.4) is 0 Å². The van der Waals surface area contributed by atoms with Crippen LogP contribution in [0, 0.1) is 11.3 Å². The number of nitrogens with one attached hydrogen (secondary N) is 1. The largest absolute Gasteiger partial charge is 0.467 e. The normalized spacial score (nSPS) is 11.2. The number of esters is 1. The highest BCUT2D eigenvalue weighted by atomic mass is 32.2. The van der Waals surface area contributed by atoms with Gasteiger partial charge in [0.1, 0.15) is 6.07 Å². The Morgan fingerprint density at radius 1 is 0.931 bits per heavy atom. The van der Waals surface area contributed by atoms with Crippen LogP contribution in [-0.2, 0) is 9.53 Å². The molecule has 1 N–H and O–H groups in total. The number of rotatable bonds is 6. The molecule has 0 saturated heterocycles. The molecular weight excluding hydrogens is 384 g/mol. The van der Waals surface area contributed by atoms with Crippen LogP contribution in [-0.4, -0.2) is 19.0 Å². The van der Waals surface area contributed by atoms with Crippen LogP contribution >= 0.6 is 11.8 Å². The van der Waals surface area contributed by atoms with Gasteiger partial charge >= 0.3 is 5.97 Å². The number of methoxy groups -OCH3 is 1. The number of hydrogen-bond donors (Lipinski definition) is 1. The van der Waals surface area contributed by atoms with Gasteiger partial charge < -0.3 is 10.1 Å². The highest BCUT2D eigenvalue weighted by Gasteiger charge is 2.25. The lowest BCUT2D eigenvalue weighted by Gasteiger charge is -2.18. The maximum atomic E-state index is 13.0. The molecule has 29 heavy (non-hydrogen) atoms. The Kier molecular flexibility index (Phi) is 6.67. The molecule has 1 atom stereocenters. The minimum absolute atomic E-state index is 0.401. The van der Waals surface area contributed by atoms with Crippen molar-refractivity contribution < 1.29 is 14.3 Å². The van der Waals surface area contributed by atoms with Gasteiger partial charge in [0, 0.05) is 9.79 Å². The minimum atomic E-state index is -0.918. The Morgan fingerprint density at radius 3 is 2.24 bits per heavy atom. The van der Waals surface area contributed by atoms with Crippen LogP contribution in [0.5, 0.6) is 0 Å². The molecule has 1 amide bonds. The molecule has 0 heterocycles. The zero-order valence-corrected chi connectivity index (χ0v) is 16.5. The molecule has 0 aliphatic rings. The second-order valence-corrected chi connectivity index (χ2v) is 7.13. The van der Waals surface area contributed by atoms with Crippen molar-refractivity contribution in [2.75, 3.05) is 7.11 Å². The summed E-state index contributed by atoms with van der Waals surface area (Å²) in [6, 6.07) is 24.4. The van der Waals surface area contributed by atoms with Crippen molar-refractivity contribution in [1.82, 2.24) is 5.32 Å². The Bertz CT molecular complexity index is 1060. The van der Waals surface area contributed by atoms with Gasteiger partial charge in [0.2, 0.25) is 0 Å². The van der Waals surface area contributed by atoms with E-state index in [1.54, 1.807) is 48.5 Å². The molecule has 0 spiro atoms. The fourth-order valence-electron chi connectivity index (χ4n) is 2.76. The fourth-order valence-corrected chi connectivity index (χ4v) is 3.78. The van der Waals surface area contributed by atoms with Crippen LogP contribution < -0.4 is 5.32 Å². The number of ether oxygens (including phenoxy) is 1. The van der Waals surface area contributed by atoms with Gasteiger partial charge in [-0.2, -0.15) is 5.26 Å². The first-order valence-electron chi connectivity index (χ1n) is 8.83. The first-order valence-corrected chi connectivity index (χ1v) is 9.65. The van der Waals surface area contributed by atoms with E-state index in [0.717, 1.165) is 4.90 Å². The summed E-state index contributed by atoms with van der Waals surface area (Å²) in [5.74, 6) is -0.952. The van der Waals surface area contributed by atoms with Gasteiger partial charge in [-0.25, -0.2) is 4.79 Å². The average molecular weight is 402 g/mol. The zero-order valence-electron chi connectivity index (χ0n) is 15.7. The number of carbonyl (C=O) groups is 2. The standard InChI is InChI=1S/C23H18N2O3S/c1-28-23(27)21(16-9-3-2-4-10-16)25-22(26)18-12-6-8-14-20(18)29-19-13-7-5-11-17(19)15-24/h2-14,21H,1H3,(H,25,26)/t21-/m1/s1. The molecule has 0 aliphatic carbocycles. The number of benzene rings is 3. The first-order chi connectivity index (χ1) is 14.1. The van der Waals surface area contributed by atoms with Gasteiger partial charge in [0.25, 0.3) is 5.91 Å². The van der Waals surface area contributed by atoms with Crippen molar-refractivity contribution in [3.05, 3.63) is 95.6 Å². The molecule has 6 heteroatoms. The Balaban J connectivity index is 1.89. The van der Waals surface area contributed by atoms with E-state index in [2.05, 4.69) is 11.4 Å². The van der Waals surface area contributed by atoms with Gasteiger partial charge in [-0.1, -0.05) is 66.4 Å². The minimum Gasteiger partial charge on any atom is -0.467 e. The summed E-state index contributed by atoms with van der Waals surface area (Å²) in [6.07, 6.45) is 0. The molecule has 3 aromatic carbocycles. The maximum Gasteiger partial charge on any atom is 0.333 e. The monoisotopic (exact) mass is 402 g/mol. The molecule has 0 bridgehead atoms. The molecule has 0 saturated carbocycles. The number of nitriles is 1. The van der Waals surface area contributed by atoms with Gasteiger partial charge in [0.05, 0.1) is 18.2 Å². The van der Waals surface area contributed by atoms with Crippen molar-refractivity contribution in [1.29, 1.82) is 5.26 Å². The zero-order chi connectivity index (χ0) is 20.6. The van der Waals surface area contributed by atoms with Crippen molar-refractivity contribution in [2.45, 2.75) is 15.8 Å². The smallest absolute Gasteiger partial charge is 0.333 e. The molecule has 0 unspecified atom stereocenters. The second-order valence-electron chi connectivity index (χ2n) is 6.05. The van der Waals surface area contributed by atoms with Crippen molar-refractivity contribution in [3.63, 3.8) is 0 Å². The van der Waals surface area contributed by atoms with Crippen LogP contribution in [0.2, 0.25) is 0 Å². The summed E-state index contributed by atoms with van der Waals surface area (Å²) in [7, 11) is 1.28. The SMILES string of the molecule is COC(=O)[C@H](NC(=O)c1ccccc1Sc1ccccc1C#N)c1ccccc1. The van der Waals surface area contributed by atoms with E-state index in [4.69, 9.17) is 4.74 Å². The maximum absolute atomic E-state index is 13.0. The highest BCUT2D eigenvalue weighted by Crippen LogP contribution is 2.32. The van der Waals surface area contributed by atoms with Gasteiger partial charge in [-0.05, 0) is 29.8 Å². The Labute approximate surface area is 173 Å². The fraction of sp³-hybridized carbons (Fsp3) is 0.0870. The average Bonchev–Trinajstić information content (AvgIpc) is 2.78. The number of amides is 1. The number of carbonyl (C=O) groups excluding carboxylic acids is 2. The molecule has 3 rings (SSSR count). The third-order valence-corrected chi connectivity index (χ3v) is 5.36. The predicted octanol–water partition coefficient (Wildman–Crippen LogP) is 4.35. The summed E-state index contributed by atoms with van der Waals surface area (Å²) in [5.41, 5.74) is 1.58. The third-order valence-electron chi connectivity index (χ3n) is 4.20. The van der Waals surface area contributed by atoms with Gasteiger partial charge in [-0.3, -0.25) is 4.79 Å². The van der Waals surface area contributed by atoms with E-state index in [0.29, 0.717) is 21.6 Å². The summed E-state index contributed by atoms with van der Waals surface area (Å²) in [5, 5.41) is 12.1. The number of nitrogens with zero attached hydrogens (tertiary/aromatic N) is 1. The van der Waals surface area contributed by atoms with Crippen molar-refractivity contribution in [2.24, 2.45) is 0 Å². The molecular formula is C23H18N2O3S. The Hall–Kier alpha value is -3.56. The van der Waals surface area contributed by atoms with E-state index >= 15 is 0 Å². The molecule has 0 aromatic heterocycles. The first kappa shape index (κ1) is 20.2. The second kappa shape index (κ2) is 9.58. The van der Waals surface area contributed by atoms with E-state index in [1.807, 2.05) is 30.3 Å². The number of hydrogen-bond acceptors (Lipinski definition) is 5. The Morgan fingerprint density at radius 2 is 1.55 bits per heavy atom. The topological polar surface area (TPSA) is 79.2 Å². The van der Waals surface area contributed by atoms with Gasteiger partial charge in [-0.15, -0.1) is 0 Å². The molecule has 144 valence electrons. The van der Waals surface area contributed by atoms with Crippen LogP contribution in [0.4, 0.5) is 0 Å². The molecule has 0 aliphatic heterocycles. The van der Waals surface area contributed by atoms with Crippen LogP contribution in [0.1, 0.15) is 27.5 Å². The summed E-state index contributed by atoms with van der Waals surface area (Å²) < 4.78 is 4.86. The summed E-state index contributed by atoms with van der Waals surface area (Å²) in [6.45, 7) is 0. The van der Waals surface area contributed by atoms with E-state index in [1.165, 1.54) is 18.9 Å². The van der Waals surface area contributed by atoms with E-state index in [-0.39, 0.29) is 0 Å². The van der Waals surface area contributed by atoms with Crippen molar-refractivity contribution in [3.8, 4) is 6.07 Å². The lowest BCUT2D eigenvalue weighted by Crippen LogP contribution is -2.34. The van der Waals surface area contributed by atoms with E-state index < -0.39 is 17.9 Å².